The number of hydrogen-bond acceptors (Lipinski definition) is 4. The predicted molar refractivity (Wildman–Crippen MR) is 82.7 cm³/mol. The van der Waals surface area contributed by atoms with Gasteiger partial charge in [0.25, 0.3) is 0 Å². The van der Waals surface area contributed by atoms with Crippen LogP contribution in [0.3, 0.4) is 0 Å². The second kappa shape index (κ2) is 6.41. The van der Waals surface area contributed by atoms with E-state index in [1.165, 1.54) is 5.56 Å². The molecule has 1 aromatic heterocycles. The quantitative estimate of drug-likeness (QED) is 0.938. The van der Waals surface area contributed by atoms with Crippen molar-refractivity contribution in [2.24, 2.45) is 5.92 Å². The number of aromatic nitrogens is 1. The lowest BCUT2D eigenvalue weighted by Gasteiger charge is -2.41. The summed E-state index contributed by atoms with van der Waals surface area (Å²) in [5, 5.41) is 7.76. The zero-order valence-electron chi connectivity index (χ0n) is 12.7. The van der Waals surface area contributed by atoms with Crippen molar-refractivity contribution in [3.8, 4) is 0 Å². The Morgan fingerprint density at radius 1 is 1.29 bits per heavy atom. The van der Waals surface area contributed by atoms with Crippen LogP contribution in [0.2, 0.25) is 0 Å². The molecular formula is C17H23N3O. The molecule has 0 aliphatic carbocycles. The van der Waals surface area contributed by atoms with Crippen molar-refractivity contribution in [2.45, 2.75) is 32.5 Å². The highest BCUT2D eigenvalue weighted by molar-refractivity contribution is 5.20. The van der Waals surface area contributed by atoms with Crippen LogP contribution in [0.15, 0.2) is 47.2 Å². The first-order chi connectivity index (χ1) is 10.2. The second-order valence-electron chi connectivity index (χ2n) is 6.11. The van der Waals surface area contributed by atoms with Crippen molar-refractivity contribution in [3.63, 3.8) is 0 Å². The highest BCUT2D eigenvalue weighted by Crippen LogP contribution is 2.26. The van der Waals surface area contributed by atoms with Gasteiger partial charge in [0.15, 0.2) is 0 Å². The number of piperazine rings is 1. The van der Waals surface area contributed by atoms with E-state index in [2.05, 4.69) is 59.6 Å². The van der Waals surface area contributed by atoms with Crippen molar-refractivity contribution in [3.05, 3.63) is 53.9 Å². The minimum Gasteiger partial charge on any atom is -0.364 e. The maximum Gasteiger partial charge on any atom is 0.124 e. The summed E-state index contributed by atoms with van der Waals surface area (Å²) in [5.74, 6) is 0.626. The Morgan fingerprint density at radius 2 is 2.10 bits per heavy atom. The lowest BCUT2D eigenvalue weighted by molar-refractivity contribution is 0.103. The van der Waals surface area contributed by atoms with Crippen molar-refractivity contribution in [2.75, 3.05) is 13.1 Å². The third-order valence-corrected chi connectivity index (χ3v) is 4.29. The van der Waals surface area contributed by atoms with Gasteiger partial charge in [-0.05, 0) is 11.5 Å². The molecule has 0 spiro atoms. The Morgan fingerprint density at radius 3 is 2.76 bits per heavy atom. The van der Waals surface area contributed by atoms with Crippen LogP contribution < -0.4 is 5.32 Å². The molecule has 4 nitrogen and oxygen atoms in total. The van der Waals surface area contributed by atoms with Gasteiger partial charge in [-0.3, -0.25) is 4.90 Å². The highest BCUT2D eigenvalue weighted by atomic mass is 16.5. The van der Waals surface area contributed by atoms with Gasteiger partial charge in [0.05, 0.1) is 5.69 Å². The molecular weight excluding hydrogens is 262 g/mol. The summed E-state index contributed by atoms with van der Waals surface area (Å²) in [6, 6.07) is 13.6. The molecule has 1 aliphatic rings. The van der Waals surface area contributed by atoms with Gasteiger partial charge in [-0.15, -0.1) is 0 Å². The van der Waals surface area contributed by atoms with Gasteiger partial charge in [0, 0.05) is 37.8 Å². The largest absolute Gasteiger partial charge is 0.364 e. The first-order valence-corrected chi connectivity index (χ1v) is 7.65. The summed E-state index contributed by atoms with van der Waals surface area (Å²) in [6.07, 6.45) is 1.65. The normalized spacial score (nSPS) is 23.6. The predicted octanol–water partition coefficient (Wildman–Crippen LogP) is 2.85. The SMILES string of the molecule is CC(C)C1CN(Cc2ccon2)C(c2ccccc2)CN1. The molecule has 112 valence electrons. The van der Waals surface area contributed by atoms with Gasteiger partial charge in [-0.2, -0.15) is 0 Å². The topological polar surface area (TPSA) is 41.3 Å². The van der Waals surface area contributed by atoms with Crippen molar-refractivity contribution in [1.29, 1.82) is 0 Å². The van der Waals surface area contributed by atoms with Crippen molar-refractivity contribution < 1.29 is 4.52 Å². The van der Waals surface area contributed by atoms with E-state index >= 15 is 0 Å². The fourth-order valence-electron chi connectivity index (χ4n) is 2.99. The molecule has 4 heteroatoms. The van der Waals surface area contributed by atoms with Crippen molar-refractivity contribution >= 4 is 0 Å². The van der Waals surface area contributed by atoms with E-state index in [1.54, 1.807) is 6.26 Å². The summed E-state index contributed by atoms with van der Waals surface area (Å²) in [5.41, 5.74) is 2.36. The van der Waals surface area contributed by atoms with Crippen LogP contribution in [-0.2, 0) is 6.54 Å². The van der Waals surface area contributed by atoms with Crippen LogP contribution in [-0.4, -0.2) is 29.2 Å². The van der Waals surface area contributed by atoms with Gasteiger partial charge < -0.3 is 9.84 Å². The average Bonchev–Trinajstić information content (AvgIpc) is 3.01. The number of hydrogen-bond donors (Lipinski definition) is 1. The smallest absolute Gasteiger partial charge is 0.124 e. The number of benzene rings is 1. The second-order valence-corrected chi connectivity index (χ2v) is 6.11. The maximum atomic E-state index is 4.98. The third-order valence-electron chi connectivity index (χ3n) is 4.29. The molecule has 1 N–H and O–H groups in total. The highest BCUT2D eigenvalue weighted by Gasteiger charge is 2.30. The Balaban J connectivity index is 1.80. The minimum atomic E-state index is 0.387. The summed E-state index contributed by atoms with van der Waals surface area (Å²) < 4.78 is 4.98. The summed E-state index contributed by atoms with van der Waals surface area (Å²) in [6.45, 7) is 7.39. The molecule has 3 rings (SSSR count). The Kier molecular flexibility index (Phi) is 4.36. The first kappa shape index (κ1) is 14.3. The van der Waals surface area contributed by atoms with Gasteiger partial charge in [0.1, 0.15) is 6.26 Å². The lowest BCUT2D eigenvalue weighted by Crippen LogP contribution is -2.53. The minimum absolute atomic E-state index is 0.387. The number of nitrogens with zero attached hydrogens (tertiary/aromatic N) is 2. The maximum absolute atomic E-state index is 4.98. The molecule has 1 saturated heterocycles. The zero-order chi connectivity index (χ0) is 14.7. The van der Waals surface area contributed by atoms with E-state index in [-0.39, 0.29) is 0 Å². The molecule has 0 saturated carbocycles. The molecule has 0 amide bonds. The lowest BCUT2D eigenvalue weighted by atomic mass is 9.96. The van der Waals surface area contributed by atoms with Crippen LogP contribution >= 0.6 is 0 Å². The average molecular weight is 285 g/mol. The Labute approximate surface area is 126 Å². The molecule has 21 heavy (non-hydrogen) atoms. The molecule has 2 atom stereocenters. The molecule has 0 bridgehead atoms. The summed E-state index contributed by atoms with van der Waals surface area (Å²) in [4.78, 5) is 2.51. The number of rotatable bonds is 4. The van der Waals surface area contributed by atoms with Gasteiger partial charge in [0.2, 0.25) is 0 Å². The molecule has 1 fully saturated rings. The molecule has 1 aromatic carbocycles. The summed E-state index contributed by atoms with van der Waals surface area (Å²) >= 11 is 0. The molecule has 2 aromatic rings. The van der Waals surface area contributed by atoms with Crippen LogP contribution in [0.4, 0.5) is 0 Å². The van der Waals surface area contributed by atoms with E-state index < -0.39 is 0 Å². The fraction of sp³-hybridized carbons (Fsp3) is 0.471. The van der Waals surface area contributed by atoms with E-state index in [4.69, 9.17) is 4.52 Å². The first-order valence-electron chi connectivity index (χ1n) is 7.65. The van der Waals surface area contributed by atoms with Crippen LogP contribution in [0, 0.1) is 5.92 Å². The van der Waals surface area contributed by atoms with Gasteiger partial charge >= 0.3 is 0 Å². The summed E-state index contributed by atoms with van der Waals surface area (Å²) in [7, 11) is 0. The number of nitrogens with one attached hydrogen (secondary N) is 1. The standard InChI is InChI=1S/C17H23N3O/c1-13(2)16-12-20(11-15-8-9-21-19-15)17(10-18-16)14-6-4-3-5-7-14/h3-9,13,16-18H,10-12H2,1-2H3. The van der Waals surface area contributed by atoms with E-state index in [0.29, 0.717) is 18.0 Å². The molecule has 1 aliphatic heterocycles. The van der Waals surface area contributed by atoms with E-state index in [9.17, 15) is 0 Å². The van der Waals surface area contributed by atoms with E-state index in [1.807, 2.05) is 6.07 Å². The molecule has 2 heterocycles. The van der Waals surface area contributed by atoms with Crippen molar-refractivity contribution in [1.82, 2.24) is 15.4 Å². The monoisotopic (exact) mass is 285 g/mol. The van der Waals surface area contributed by atoms with Gasteiger partial charge in [-0.25, -0.2) is 0 Å². The van der Waals surface area contributed by atoms with Crippen LogP contribution in [0.1, 0.15) is 31.1 Å². The van der Waals surface area contributed by atoms with Crippen LogP contribution in [0.5, 0.6) is 0 Å². The molecule has 2 unspecified atom stereocenters. The van der Waals surface area contributed by atoms with E-state index in [0.717, 1.165) is 25.3 Å². The molecule has 0 radical (unpaired) electrons. The zero-order valence-corrected chi connectivity index (χ0v) is 12.7. The van der Waals surface area contributed by atoms with Crippen LogP contribution in [0.25, 0.3) is 0 Å². The third kappa shape index (κ3) is 3.34. The van der Waals surface area contributed by atoms with Gasteiger partial charge in [-0.1, -0.05) is 49.3 Å². The Bertz CT molecular complexity index is 538. The Hall–Kier alpha value is -1.65. The fourth-order valence-corrected chi connectivity index (χ4v) is 2.99.